The van der Waals surface area contributed by atoms with Crippen molar-refractivity contribution < 1.29 is 0 Å². The van der Waals surface area contributed by atoms with E-state index in [9.17, 15) is 0 Å². The van der Waals surface area contributed by atoms with Crippen LogP contribution in [0.1, 0.15) is 42.3 Å². The first-order valence-corrected chi connectivity index (χ1v) is 5.59. The van der Waals surface area contributed by atoms with Crippen LogP contribution < -0.4 is 0 Å². The number of thiazole rings is 1. The fraction of sp³-hybridized carbons (Fsp3) is 0.600. The fourth-order valence-electron chi connectivity index (χ4n) is 1.46. The number of nitriles is 1. The van der Waals surface area contributed by atoms with Crippen LogP contribution in [-0.2, 0) is 6.42 Å². The predicted molar refractivity (Wildman–Crippen MR) is 52.6 cm³/mol. The second kappa shape index (κ2) is 3.89. The molecular formula is C10H12N2S. The first kappa shape index (κ1) is 8.71. The Morgan fingerprint density at radius 1 is 1.62 bits per heavy atom. The van der Waals surface area contributed by atoms with Crippen LogP contribution in [0.5, 0.6) is 0 Å². The molecule has 0 aliphatic heterocycles. The third-order valence-electron chi connectivity index (χ3n) is 2.52. The van der Waals surface area contributed by atoms with Gasteiger partial charge in [0.1, 0.15) is 0 Å². The molecule has 1 aromatic heterocycles. The summed E-state index contributed by atoms with van der Waals surface area (Å²) >= 11 is 1.76. The molecule has 0 radical (unpaired) electrons. The fourth-order valence-corrected chi connectivity index (χ4v) is 2.49. The van der Waals surface area contributed by atoms with E-state index >= 15 is 0 Å². The highest BCUT2D eigenvalue weighted by molar-refractivity contribution is 7.09. The maximum absolute atomic E-state index is 8.43. The molecule has 2 nitrogen and oxygen atoms in total. The molecule has 1 aliphatic carbocycles. The van der Waals surface area contributed by atoms with Crippen LogP contribution in [-0.4, -0.2) is 4.98 Å². The quantitative estimate of drug-likeness (QED) is 0.738. The normalized spacial score (nSPS) is 16.5. The van der Waals surface area contributed by atoms with E-state index in [4.69, 9.17) is 5.26 Å². The summed E-state index contributed by atoms with van der Waals surface area (Å²) in [5.74, 6) is 0.737. The van der Waals surface area contributed by atoms with Gasteiger partial charge in [0.2, 0.25) is 0 Å². The summed E-state index contributed by atoms with van der Waals surface area (Å²) in [6.07, 6.45) is 5.39. The zero-order chi connectivity index (χ0) is 9.10. The Morgan fingerprint density at radius 2 is 2.46 bits per heavy atom. The van der Waals surface area contributed by atoms with Gasteiger partial charge >= 0.3 is 0 Å². The van der Waals surface area contributed by atoms with Gasteiger partial charge in [-0.15, -0.1) is 11.3 Å². The van der Waals surface area contributed by atoms with Crippen LogP contribution in [0.25, 0.3) is 0 Å². The largest absolute Gasteiger partial charge is 0.246 e. The Kier molecular flexibility index (Phi) is 2.60. The molecule has 0 aromatic carbocycles. The van der Waals surface area contributed by atoms with E-state index in [0.717, 1.165) is 18.0 Å². The third kappa shape index (κ3) is 1.89. The topological polar surface area (TPSA) is 36.7 Å². The second-order valence-corrected chi connectivity index (χ2v) is 4.35. The number of nitrogens with zero attached hydrogens (tertiary/aromatic N) is 2. The first-order valence-electron chi connectivity index (χ1n) is 4.71. The Balaban J connectivity index is 1.97. The number of aromatic nitrogens is 1. The molecule has 3 heteroatoms. The van der Waals surface area contributed by atoms with Crippen molar-refractivity contribution in [2.45, 2.75) is 38.0 Å². The van der Waals surface area contributed by atoms with E-state index in [-0.39, 0.29) is 0 Å². The molecule has 1 aromatic rings. The highest BCUT2D eigenvalue weighted by Crippen LogP contribution is 2.37. The molecule has 0 spiro atoms. The van der Waals surface area contributed by atoms with Crippen molar-refractivity contribution in [3.8, 4) is 6.07 Å². The molecule has 1 aliphatic rings. The summed E-state index contributed by atoms with van der Waals surface area (Å²) in [4.78, 5) is 4.54. The van der Waals surface area contributed by atoms with Crippen molar-refractivity contribution in [1.82, 2.24) is 4.98 Å². The molecule has 0 bridgehead atoms. The molecule has 0 N–H and O–H groups in total. The van der Waals surface area contributed by atoms with Gasteiger partial charge < -0.3 is 0 Å². The van der Waals surface area contributed by atoms with E-state index in [2.05, 4.69) is 16.4 Å². The summed E-state index contributed by atoms with van der Waals surface area (Å²) in [6, 6.07) is 2.15. The minimum absolute atomic E-state index is 0.591. The average molecular weight is 192 g/mol. The molecule has 1 saturated carbocycles. The van der Waals surface area contributed by atoms with Crippen molar-refractivity contribution >= 4 is 11.3 Å². The molecule has 68 valence electrons. The van der Waals surface area contributed by atoms with Crippen LogP contribution in [0.3, 0.4) is 0 Å². The van der Waals surface area contributed by atoms with E-state index in [1.54, 1.807) is 11.3 Å². The predicted octanol–water partition coefficient (Wildman–Crippen LogP) is 2.87. The number of aryl methyl sites for hydroxylation is 1. The number of hydrogen-bond acceptors (Lipinski definition) is 3. The van der Waals surface area contributed by atoms with E-state index in [1.807, 2.05) is 0 Å². The van der Waals surface area contributed by atoms with Crippen LogP contribution in [0.15, 0.2) is 5.38 Å². The summed E-state index contributed by atoms with van der Waals surface area (Å²) < 4.78 is 0. The highest BCUT2D eigenvalue weighted by atomic mass is 32.1. The van der Waals surface area contributed by atoms with E-state index < -0.39 is 0 Å². The summed E-state index contributed by atoms with van der Waals surface area (Å²) in [5.41, 5.74) is 1.11. The Labute approximate surface area is 82.2 Å². The van der Waals surface area contributed by atoms with Crippen LogP contribution in [0.4, 0.5) is 0 Å². The first-order chi connectivity index (χ1) is 6.40. The lowest BCUT2D eigenvalue weighted by Crippen LogP contribution is -2.08. The van der Waals surface area contributed by atoms with E-state index in [0.29, 0.717) is 6.42 Å². The van der Waals surface area contributed by atoms with Crippen molar-refractivity contribution in [1.29, 1.82) is 5.26 Å². The Bertz CT molecular complexity index is 320. The number of rotatable bonds is 3. The standard InChI is InChI=1S/C10H12N2S/c11-6-2-5-9-7-13-10(12-9)8-3-1-4-8/h7-8H,1-5H2. The molecule has 2 rings (SSSR count). The smallest absolute Gasteiger partial charge is 0.0959 e. The molecule has 0 atom stereocenters. The minimum Gasteiger partial charge on any atom is -0.246 e. The zero-order valence-corrected chi connectivity index (χ0v) is 8.31. The minimum atomic E-state index is 0.591. The SMILES string of the molecule is N#CCCc1csc(C2CCC2)n1. The van der Waals surface area contributed by atoms with Gasteiger partial charge in [0.25, 0.3) is 0 Å². The van der Waals surface area contributed by atoms with Gasteiger partial charge in [-0.2, -0.15) is 5.26 Å². The summed E-state index contributed by atoms with van der Waals surface area (Å²) in [6.45, 7) is 0. The molecule has 0 unspecified atom stereocenters. The van der Waals surface area contributed by atoms with Crippen molar-refractivity contribution in [3.63, 3.8) is 0 Å². The van der Waals surface area contributed by atoms with Gasteiger partial charge in [0.05, 0.1) is 16.8 Å². The van der Waals surface area contributed by atoms with Crippen LogP contribution in [0, 0.1) is 11.3 Å². The summed E-state index contributed by atoms with van der Waals surface area (Å²) in [5, 5.41) is 11.8. The van der Waals surface area contributed by atoms with Gasteiger partial charge in [-0.1, -0.05) is 6.42 Å². The van der Waals surface area contributed by atoms with Crippen molar-refractivity contribution in [2.24, 2.45) is 0 Å². The van der Waals surface area contributed by atoms with Crippen molar-refractivity contribution in [3.05, 3.63) is 16.1 Å². The zero-order valence-electron chi connectivity index (χ0n) is 7.49. The van der Waals surface area contributed by atoms with Gasteiger partial charge in [-0.3, -0.25) is 0 Å². The average Bonchev–Trinajstić information content (AvgIpc) is 2.46. The highest BCUT2D eigenvalue weighted by Gasteiger charge is 2.22. The van der Waals surface area contributed by atoms with Gasteiger partial charge in [0.15, 0.2) is 0 Å². The van der Waals surface area contributed by atoms with Crippen LogP contribution in [0.2, 0.25) is 0 Å². The second-order valence-electron chi connectivity index (χ2n) is 3.46. The molecule has 0 saturated heterocycles. The lowest BCUT2D eigenvalue weighted by atomic mass is 9.86. The van der Waals surface area contributed by atoms with E-state index in [1.165, 1.54) is 24.3 Å². The van der Waals surface area contributed by atoms with Gasteiger partial charge in [-0.25, -0.2) is 4.98 Å². The molecule has 1 heterocycles. The Hall–Kier alpha value is -0.880. The lowest BCUT2D eigenvalue weighted by molar-refractivity contribution is 0.417. The maximum Gasteiger partial charge on any atom is 0.0959 e. The number of hydrogen-bond donors (Lipinski definition) is 0. The summed E-state index contributed by atoms with van der Waals surface area (Å²) in [7, 11) is 0. The third-order valence-corrected chi connectivity index (χ3v) is 3.57. The molecular weight excluding hydrogens is 180 g/mol. The molecule has 13 heavy (non-hydrogen) atoms. The van der Waals surface area contributed by atoms with Crippen LogP contribution >= 0.6 is 11.3 Å². The lowest BCUT2D eigenvalue weighted by Gasteiger charge is -2.22. The van der Waals surface area contributed by atoms with Crippen molar-refractivity contribution in [2.75, 3.05) is 0 Å². The Morgan fingerprint density at radius 3 is 3.08 bits per heavy atom. The van der Waals surface area contributed by atoms with Gasteiger partial charge in [0, 0.05) is 24.1 Å². The molecule has 1 fully saturated rings. The van der Waals surface area contributed by atoms with Gasteiger partial charge in [-0.05, 0) is 12.8 Å². The molecule has 0 amide bonds. The maximum atomic E-state index is 8.43. The monoisotopic (exact) mass is 192 g/mol.